The first-order valence-electron chi connectivity index (χ1n) is 8.38. The number of hydrogen-bond acceptors (Lipinski definition) is 4. The number of carbonyl (C=O) groups excluding carboxylic acids is 1. The van der Waals surface area contributed by atoms with Gasteiger partial charge in [0.1, 0.15) is 5.69 Å². The van der Waals surface area contributed by atoms with E-state index < -0.39 is 0 Å². The lowest BCUT2D eigenvalue weighted by Crippen LogP contribution is -2.15. The normalized spacial score (nSPS) is 10.3. The van der Waals surface area contributed by atoms with Crippen LogP contribution in [0.1, 0.15) is 22.5 Å². The van der Waals surface area contributed by atoms with E-state index in [4.69, 9.17) is 11.6 Å². The van der Waals surface area contributed by atoms with Gasteiger partial charge in [-0.15, -0.1) is 0 Å². The molecule has 2 N–H and O–H groups in total. The second kappa shape index (κ2) is 8.97. The molecule has 132 valence electrons. The van der Waals surface area contributed by atoms with Crippen molar-refractivity contribution in [2.45, 2.75) is 12.8 Å². The van der Waals surface area contributed by atoms with Gasteiger partial charge in [0.05, 0.1) is 0 Å². The average molecular weight is 367 g/mol. The molecule has 5 nitrogen and oxygen atoms in total. The Morgan fingerprint density at radius 3 is 2.69 bits per heavy atom. The Kier molecular flexibility index (Phi) is 6.17. The lowest BCUT2D eigenvalue weighted by atomic mass is 10.1. The summed E-state index contributed by atoms with van der Waals surface area (Å²) in [7, 11) is 0. The van der Waals surface area contributed by atoms with Crippen molar-refractivity contribution in [3.63, 3.8) is 0 Å². The number of halogens is 1. The van der Waals surface area contributed by atoms with Crippen LogP contribution in [0.15, 0.2) is 66.9 Å². The standard InChI is InChI=1S/C20H19ClN4O/c21-16-9-4-10-17(14-16)24-19(26)18-11-13-23-20(25-18)22-12-5-8-15-6-2-1-3-7-15/h1-4,6-7,9-11,13-14H,5,8,12H2,(H,24,26)(H,22,23,25). The first-order chi connectivity index (χ1) is 12.7. The molecule has 3 aromatic rings. The maximum atomic E-state index is 12.3. The summed E-state index contributed by atoms with van der Waals surface area (Å²) in [5.41, 5.74) is 2.22. The molecule has 0 atom stereocenters. The third kappa shape index (κ3) is 5.29. The van der Waals surface area contributed by atoms with Crippen LogP contribution < -0.4 is 10.6 Å². The second-order valence-electron chi connectivity index (χ2n) is 5.75. The lowest BCUT2D eigenvalue weighted by Gasteiger charge is -2.08. The Hall–Kier alpha value is -2.92. The zero-order valence-corrected chi connectivity index (χ0v) is 14.9. The van der Waals surface area contributed by atoms with Gasteiger partial charge in [-0.1, -0.05) is 48.0 Å². The smallest absolute Gasteiger partial charge is 0.274 e. The largest absolute Gasteiger partial charge is 0.354 e. The molecular formula is C20H19ClN4O. The number of benzene rings is 2. The molecule has 26 heavy (non-hydrogen) atoms. The molecule has 1 heterocycles. The molecule has 6 heteroatoms. The maximum Gasteiger partial charge on any atom is 0.274 e. The Bertz CT molecular complexity index is 870. The van der Waals surface area contributed by atoms with Crippen molar-refractivity contribution in [3.8, 4) is 0 Å². The molecule has 0 fully saturated rings. The second-order valence-corrected chi connectivity index (χ2v) is 6.18. The van der Waals surface area contributed by atoms with E-state index in [1.165, 1.54) is 5.56 Å². The summed E-state index contributed by atoms with van der Waals surface area (Å²) < 4.78 is 0. The third-order valence-corrected chi connectivity index (χ3v) is 3.97. The van der Waals surface area contributed by atoms with Gasteiger partial charge in [0.2, 0.25) is 5.95 Å². The van der Waals surface area contributed by atoms with E-state index in [0.717, 1.165) is 19.4 Å². The summed E-state index contributed by atoms with van der Waals surface area (Å²) >= 11 is 5.93. The van der Waals surface area contributed by atoms with E-state index >= 15 is 0 Å². The van der Waals surface area contributed by atoms with Crippen LogP contribution in [-0.4, -0.2) is 22.4 Å². The van der Waals surface area contributed by atoms with Gasteiger partial charge in [-0.3, -0.25) is 4.79 Å². The number of aromatic nitrogens is 2. The van der Waals surface area contributed by atoms with Gasteiger partial charge < -0.3 is 10.6 Å². The fourth-order valence-electron chi connectivity index (χ4n) is 2.47. The van der Waals surface area contributed by atoms with E-state index in [1.807, 2.05) is 18.2 Å². The van der Waals surface area contributed by atoms with Crippen LogP contribution in [-0.2, 0) is 6.42 Å². The molecular weight excluding hydrogens is 348 g/mol. The molecule has 0 saturated carbocycles. The minimum atomic E-state index is -0.304. The van der Waals surface area contributed by atoms with Crippen LogP contribution in [0, 0.1) is 0 Å². The zero-order chi connectivity index (χ0) is 18.2. The highest BCUT2D eigenvalue weighted by molar-refractivity contribution is 6.30. The summed E-state index contributed by atoms with van der Waals surface area (Å²) in [6, 6.07) is 18.9. The van der Waals surface area contributed by atoms with E-state index in [-0.39, 0.29) is 5.91 Å². The Morgan fingerprint density at radius 1 is 1.04 bits per heavy atom. The predicted octanol–water partition coefficient (Wildman–Crippen LogP) is 4.43. The Morgan fingerprint density at radius 2 is 1.88 bits per heavy atom. The first-order valence-corrected chi connectivity index (χ1v) is 8.76. The van der Waals surface area contributed by atoms with Crippen molar-refractivity contribution < 1.29 is 4.79 Å². The molecule has 0 aliphatic heterocycles. The van der Waals surface area contributed by atoms with Crippen LogP contribution in [0.2, 0.25) is 5.02 Å². The maximum absolute atomic E-state index is 12.3. The molecule has 0 bridgehead atoms. The van der Waals surface area contributed by atoms with Gasteiger partial charge in [-0.05, 0) is 42.7 Å². The molecule has 0 unspecified atom stereocenters. The van der Waals surface area contributed by atoms with Gasteiger partial charge >= 0.3 is 0 Å². The predicted molar refractivity (Wildman–Crippen MR) is 105 cm³/mol. The molecule has 3 rings (SSSR count). The minimum absolute atomic E-state index is 0.297. The van der Waals surface area contributed by atoms with E-state index in [2.05, 4.69) is 32.7 Å². The number of hydrogen-bond donors (Lipinski definition) is 2. The van der Waals surface area contributed by atoms with Crippen LogP contribution >= 0.6 is 11.6 Å². The monoisotopic (exact) mass is 366 g/mol. The van der Waals surface area contributed by atoms with Crippen LogP contribution in [0.3, 0.4) is 0 Å². The molecule has 0 radical (unpaired) electrons. The van der Waals surface area contributed by atoms with Gasteiger partial charge in [-0.2, -0.15) is 0 Å². The van der Waals surface area contributed by atoms with Gasteiger partial charge in [0, 0.05) is 23.5 Å². The number of rotatable bonds is 7. The number of nitrogens with zero attached hydrogens (tertiary/aromatic N) is 2. The molecule has 2 aromatic carbocycles. The van der Waals surface area contributed by atoms with Crippen LogP contribution in [0.4, 0.5) is 11.6 Å². The van der Waals surface area contributed by atoms with Gasteiger partial charge in [0.25, 0.3) is 5.91 Å². The number of carbonyl (C=O) groups is 1. The van der Waals surface area contributed by atoms with Crippen LogP contribution in [0.25, 0.3) is 0 Å². The summed E-state index contributed by atoms with van der Waals surface area (Å²) in [5.74, 6) is 0.138. The van der Waals surface area contributed by atoms with Crippen LogP contribution in [0.5, 0.6) is 0 Å². The molecule has 1 amide bonds. The van der Waals surface area contributed by atoms with Crippen molar-refractivity contribution >= 4 is 29.1 Å². The fraction of sp³-hybridized carbons (Fsp3) is 0.150. The summed E-state index contributed by atoms with van der Waals surface area (Å²) in [6.07, 6.45) is 3.49. The SMILES string of the molecule is O=C(Nc1cccc(Cl)c1)c1ccnc(NCCCc2ccccc2)n1. The van der Waals surface area contributed by atoms with Gasteiger partial charge in [-0.25, -0.2) is 9.97 Å². The number of aryl methyl sites for hydroxylation is 1. The summed E-state index contributed by atoms with van der Waals surface area (Å²) in [4.78, 5) is 20.8. The number of nitrogens with one attached hydrogen (secondary N) is 2. The highest BCUT2D eigenvalue weighted by Crippen LogP contribution is 2.15. The highest BCUT2D eigenvalue weighted by Gasteiger charge is 2.09. The lowest BCUT2D eigenvalue weighted by molar-refractivity contribution is 0.102. The molecule has 1 aromatic heterocycles. The van der Waals surface area contributed by atoms with Gasteiger partial charge in [0.15, 0.2) is 0 Å². The van der Waals surface area contributed by atoms with Crippen molar-refractivity contribution in [1.82, 2.24) is 9.97 Å². The van der Waals surface area contributed by atoms with E-state index in [9.17, 15) is 4.79 Å². The summed E-state index contributed by atoms with van der Waals surface area (Å²) in [6.45, 7) is 0.730. The fourth-order valence-corrected chi connectivity index (χ4v) is 2.66. The Labute approximate surface area is 157 Å². The van der Waals surface area contributed by atoms with E-state index in [0.29, 0.717) is 22.4 Å². The summed E-state index contributed by atoms with van der Waals surface area (Å²) in [5, 5.41) is 6.49. The first kappa shape index (κ1) is 17.9. The van der Waals surface area contributed by atoms with Crippen molar-refractivity contribution in [1.29, 1.82) is 0 Å². The zero-order valence-electron chi connectivity index (χ0n) is 14.2. The molecule has 0 aliphatic rings. The van der Waals surface area contributed by atoms with Crippen molar-refractivity contribution in [3.05, 3.63) is 83.1 Å². The number of anilines is 2. The minimum Gasteiger partial charge on any atom is -0.354 e. The average Bonchev–Trinajstić information content (AvgIpc) is 2.66. The van der Waals surface area contributed by atoms with E-state index in [1.54, 1.807) is 36.5 Å². The molecule has 0 saturated heterocycles. The van der Waals surface area contributed by atoms with Crippen molar-refractivity contribution in [2.24, 2.45) is 0 Å². The molecule has 0 spiro atoms. The Balaban J connectivity index is 1.53. The van der Waals surface area contributed by atoms with Crippen molar-refractivity contribution in [2.75, 3.05) is 17.2 Å². The highest BCUT2D eigenvalue weighted by atomic mass is 35.5. The topological polar surface area (TPSA) is 66.9 Å². The third-order valence-electron chi connectivity index (χ3n) is 3.74. The quantitative estimate of drug-likeness (QED) is 0.607. The molecule has 0 aliphatic carbocycles. The number of amides is 1.